The summed E-state index contributed by atoms with van der Waals surface area (Å²) in [6.07, 6.45) is 1.85. The van der Waals surface area contributed by atoms with Crippen molar-refractivity contribution in [3.63, 3.8) is 0 Å². The molecule has 1 aromatic carbocycles. The Balaban J connectivity index is 2.02. The summed E-state index contributed by atoms with van der Waals surface area (Å²) in [5.74, 6) is 0. The van der Waals surface area contributed by atoms with E-state index in [1.165, 1.54) is 5.56 Å². The first kappa shape index (κ1) is 12.6. The Hall–Kier alpha value is -0.870. The van der Waals surface area contributed by atoms with E-state index in [1.54, 1.807) is 0 Å². The molecule has 0 atom stereocenters. The average molecular weight is 356 g/mol. The molecule has 0 bridgehead atoms. The molecular weight excluding hydrogens is 344 g/mol. The lowest BCUT2D eigenvalue weighted by molar-refractivity contribution is 1.12. The summed E-state index contributed by atoms with van der Waals surface area (Å²) in [5.41, 5.74) is 3.29. The third-order valence-corrected chi connectivity index (χ3v) is 4.27. The van der Waals surface area contributed by atoms with E-state index in [2.05, 4.69) is 54.3 Å². The molecule has 2 rings (SSSR count). The average Bonchev–Trinajstić information content (AvgIpc) is 2.33. The van der Waals surface area contributed by atoms with Crippen molar-refractivity contribution in [1.29, 1.82) is 0 Å². The molecule has 0 saturated carbocycles. The third-order valence-electron chi connectivity index (χ3n) is 2.39. The molecule has 0 saturated heterocycles. The predicted octanol–water partition coefficient (Wildman–Crippen LogP) is 4.53. The fourth-order valence-electron chi connectivity index (χ4n) is 1.43. The van der Waals surface area contributed by atoms with E-state index >= 15 is 0 Å². The highest BCUT2D eigenvalue weighted by Gasteiger charge is 1.99. The molecule has 88 valence electrons. The lowest BCUT2D eigenvalue weighted by Crippen LogP contribution is -1.99. The summed E-state index contributed by atoms with van der Waals surface area (Å²) >= 11 is 6.95. The highest BCUT2D eigenvalue weighted by Crippen LogP contribution is 2.24. The molecule has 17 heavy (non-hydrogen) atoms. The predicted molar refractivity (Wildman–Crippen MR) is 78.1 cm³/mol. The SMILES string of the molecule is Cc1ccc(NCc2ccc(Br)c(Br)c2)cn1. The van der Waals surface area contributed by atoms with Gasteiger partial charge in [-0.3, -0.25) is 4.98 Å². The van der Waals surface area contributed by atoms with Crippen LogP contribution in [0.2, 0.25) is 0 Å². The van der Waals surface area contributed by atoms with Crippen molar-refractivity contribution in [2.24, 2.45) is 0 Å². The van der Waals surface area contributed by atoms with Gasteiger partial charge in [-0.2, -0.15) is 0 Å². The van der Waals surface area contributed by atoms with Crippen LogP contribution in [-0.2, 0) is 6.54 Å². The summed E-state index contributed by atoms with van der Waals surface area (Å²) in [7, 11) is 0. The first-order chi connectivity index (χ1) is 8.15. The van der Waals surface area contributed by atoms with E-state index in [9.17, 15) is 0 Å². The van der Waals surface area contributed by atoms with Gasteiger partial charge in [-0.25, -0.2) is 0 Å². The Bertz CT molecular complexity index is 509. The van der Waals surface area contributed by atoms with Gasteiger partial charge in [0.2, 0.25) is 0 Å². The van der Waals surface area contributed by atoms with E-state index < -0.39 is 0 Å². The summed E-state index contributed by atoms with van der Waals surface area (Å²) in [6.45, 7) is 2.77. The molecule has 1 aromatic heterocycles. The van der Waals surface area contributed by atoms with Gasteiger partial charge in [-0.15, -0.1) is 0 Å². The van der Waals surface area contributed by atoms with E-state index in [0.717, 1.165) is 26.9 Å². The van der Waals surface area contributed by atoms with E-state index in [-0.39, 0.29) is 0 Å². The van der Waals surface area contributed by atoms with Crippen molar-refractivity contribution in [2.75, 3.05) is 5.32 Å². The molecule has 0 aliphatic carbocycles. The van der Waals surface area contributed by atoms with Gasteiger partial charge in [-0.05, 0) is 68.6 Å². The molecule has 0 radical (unpaired) electrons. The normalized spacial score (nSPS) is 10.3. The number of aromatic nitrogens is 1. The summed E-state index contributed by atoms with van der Waals surface area (Å²) in [6, 6.07) is 10.3. The largest absolute Gasteiger partial charge is 0.380 e. The van der Waals surface area contributed by atoms with Crippen LogP contribution in [-0.4, -0.2) is 4.98 Å². The maximum atomic E-state index is 4.24. The molecule has 0 aliphatic heterocycles. The first-order valence-electron chi connectivity index (χ1n) is 5.25. The highest BCUT2D eigenvalue weighted by molar-refractivity contribution is 9.13. The van der Waals surface area contributed by atoms with Crippen molar-refractivity contribution >= 4 is 37.5 Å². The van der Waals surface area contributed by atoms with Gasteiger partial charge in [0.15, 0.2) is 0 Å². The number of rotatable bonds is 3. The molecule has 2 nitrogen and oxygen atoms in total. The second-order valence-corrected chi connectivity index (χ2v) is 5.50. The van der Waals surface area contributed by atoms with Crippen LogP contribution in [0.25, 0.3) is 0 Å². The minimum absolute atomic E-state index is 0.788. The second kappa shape index (κ2) is 5.65. The number of nitrogens with zero attached hydrogens (tertiary/aromatic N) is 1. The Morgan fingerprint density at radius 1 is 1.12 bits per heavy atom. The Kier molecular flexibility index (Phi) is 4.18. The van der Waals surface area contributed by atoms with Gasteiger partial charge in [0, 0.05) is 21.2 Å². The van der Waals surface area contributed by atoms with Crippen molar-refractivity contribution < 1.29 is 0 Å². The molecule has 0 aliphatic rings. The van der Waals surface area contributed by atoms with Crippen LogP contribution in [0.4, 0.5) is 5.69 Å². The highest BCUT2D eigenvalue weighted by atomic mass is 79.9. The third kappa shape index (κ3) is 3.54. The molecule has 0 unspecified atom stereocenters. The van der Waals surface area contributed by atoms with E-state index in [4.69, 9.17) is 0 Å². The number of anilines is 1. The zero-order valence-corrected chi connectivity index (χ0v) is 12.5. The van der Waals surface area contributed by atoms with E-state index in [0.29, 0.717) is 0 Å². The van der Waals surface area contributed by atoms with Gasteiger partial charge < -0.3 is 5.32 Å². The number of benzene rings is 1. The van der Waals surface area contributed by atoms with Crippen LogP contribution in [0.1, 0.15) is 11.3 Å². The minimum atomic E-state index is 0.788. The van der Waals surface area contributed by atoms with E-state index in [1.807, 2.05) is 31.3 Å². The lowest BCUT2D eigenvalue weighted by atomic mass is 10.2. The molecule has 0 spiro atoms. The number of aryl methyl sites for hydroxylation is 1. The number of pyridine rings is 1. The molecule has 0 amide bonds. The number of halogens is 2. The Labute approximate surface area is 118 Å². The van der Waals surface area contributed by atoms with Crippen molar-refractivity contribution in [3.05, 3.63) is 56.7 Å². The van der Waals surface area contributed by atoms with Gasteiger partial charge >= 0.3 is 0 Å². The smallest absolute Gasteiger partial charge is 0.0529 e. The minimum Gasteiger partial charge on any atom is -0.380 e. The van der Waals surface area contributed by atoms with Gasteiger partial charge in [-0.1, -0.05) is 6.07 Å². The topological polar surface area (TPSA) is 24.9 Å². The number of nitrogens with one attached hydrogen (secondary N) is 1. The van der Waals surface area contributed by atoms with Crippen LogP contribution >= 0.6 is 31.9 Å². The quantitative estimate of drug-likeness (QED) is 0.875. The van der Waals surface area contributed by atoms with Crippen LogP contribution in [0, 0.1) is 6.92 Å². The van der Waals surface area contributed by atoms with Crippen molar-refractivity contribution in [3.8, 4) is 0 Å². The Morgan fingerprint density at radius 2 is 1.94 bits per heavy atom. The molecule has 2 aromatic rings. The van der Waals surface area contributed by atoms with Crippen molar-refractivity contribution in [1.82, 2.24) is 4.98 Å². The monoisotopic (exact) mass is 354 g/mol. The maximum Gasteiger partial charge on any atom is 0.0529 e. The number of hydrogen-bond donors (Lipinski definition) is 1. The van der Waals surface area contributed by atoms with Crippen LogP contribution in [0.5, 0.6) is 0 Å². The first-order valence-corrected chi connectivity index (χ1v) is 6.84. The summed E-state index contributed by atoms with van der Waals surface area (Å²) in [5, 5.41) is 3.34. The lowest BCUT2D eigenvalue weighted by Gasteiger charge is -2.07. The van der Waals surface area contributed by atoms with Crippen molar-refractivity contribution in [2.45, 2.75) is 13.5 Å². The molecule has 1 N–H and O–H groups in total. The van der Waals surface area contributed by atoms with Gasteiger partial charge in [0.25, 0.3) is 0 Å². The molecular formula is C13H12Br2N2. The zero-order chi connectivity index (χ0) is 12.3. The van der Waals surface area contributed by atoms with Crippen LogP contribution in [0.15, 0.2) is 45.5 Å². The fraction of sp³-hybridized carbons (Fsp3) is 0.154. The maximum absolute atomic E-state index is 4.24. The van der Waals surface area contributed by atoms with Gasteiger partial charge in [0.1, 0.15) is 0 Å². The van der Waals surface area contributed by atoms with Crippen LogP contribution in [0.3, 0.4) is 0 Å². The standard InChI is InChI=1S/C13H12Br2N2/c1-9-2-4-11(8-16-9)17-7-10-3-5-12(14)13(15)6-10/h2-6,8,17H,7H2,1H3. The van der Waals surface area contributed by atoms with Gasteiger partial charge in [0.05, 0.1) is 11.9 Å². The molecule has 4 heteroatoms. The summed E-state index contributed by atoms with van der Waals surface area (Å²) in [4.78, 5) is 4.24. The Morgan fingerprint density at radius 3 is 2.59 bits per heavy atom. The fourth-order valence-corrected chi connectivity index (χ4v) is 2.10. The molecule has 0 fully saturated rings. The number of hydrogen-bond acceptors (Lipinski definition) is 2. The zero-order valence-electron chi connectivity index (χ0n) is 9.37. The van der Waals surface area contributed by atoms with Crippen LogP contribution < -0.4 is 5.32 Å². The molecule has 1 heterocycles. The summed E-state index contributed by atoms with van der Waals surface area (Å²) < 4.78 is 2.14. The second-order valence-electron chi connectivity index (χ2n) is 3.79.